The molecule has 34 heavy (non-hydrogen) atoms. The van der Waals surface area contributed by atoms with Crippen LogP contribution in [0.15, 0.2) is 54.6 Å². The average Bonchev–Trinajstić information content (AvgIpc) is 3.47. The van der Waals surface area contributed by atoms with E-state index in [0.29, 0.717) is 24.6 Å². The second kappa shape index (κ2) is 9.58. The lowest BCUT2D eigenvalue weighted by Crippen LogP contribution is -2.45. The lowest BCUT2D eigenvalue weighted by molar-refractivity contribution is 0.0531. The number of amides is 1. The van der Waals surface area contributed by atoms with Gasteiger partial charge in [0.2, 0.25) is 0 Å². The van der Waals surface area contributed by atoms with Gasteiger partial charge in [0.1, 0.15) is 11.5 Å². The van der Waals surface area contributed by atoms with Gasteiger partial charge in [-0.2, -0.15) is 4.37 Å². The molecule has 3 aromatic rings. The highest BCUT2D eigenvalue weighted by Gasteiger charge is 2.34. The summed E-state index contributed by atoms with van der Waals surface area (Å²) in [6.07, 6.45) is 1.49. The second-order valence-corrected chi connectivity index (χ2v) is 9.72. The van der Waals surface area contributed by atoms with Gasteiger partial charge in [0.15, 0.2) is 0 Å². The number of carbonyl (C=O) groups is 2. The smallest absolute Gasteiger partial charge is 0.410 e. The van der Waals surface area contributed by atoms with E-state index in [9.17, 15) is 9.59 Å². The summed E-state index contributed by atoms with van der Waals surface area (Å²) in [7, 11) is 0. The maximum absolute atomic E-state index is 13.2. The molecule has 1 aliphatic carbocycles. The molecule has 0 N–H and O–H groups in total. The number of esters is 1. The van der Waals surface area contributed by atoms with E-state index in [1.807, 2.05) is 29.2 Å². The van der Waals surface area contributed by atoms with Gasteiger partial charge >= 0.3 is 12.1 Å². The molecule has 2 aromatic carbocycles. The van der Waals surface area contributed by atoms with Crippen LogP contribution >= 0.6 is 11.5 Å². The molecule has 1 aliphatic heterocycles. The van der Waals surface area contributed by atoms with Crippen LogP contribution in [-0.2, 0) is 9.47 Å². The zero-order valence-electron chi connectivity index (χ0n) is 19.4. The number of hydrogen-bond donors (Lipinski definition) is 0. The fourth-order valence-electron chi connectivity index (χ4n) is 5.06. The van der Waals surface area contributed by atoms with Crippen molar-refractivity contribution in [3.05, 3.63) is 76.3 Å². The molecule has 2 atom stereocenters. The van der Waals surface area contributed by atoms with E-state index in [-0.39, 0.29) is 29.9 Å². The first-order valence-corrected chi connectivity index (χ1v) is 12.6. The molecule has 5 rings (SSSR count). The number of likely N-dealkylation sites (tertiary alicyclic amines) is 1. The molecule has 7 heteroatoms. The predicted octanol–water partition coefficient (Wildman–Crippen LogP) is 5.84. The molecule has 0 unspecified atom stereocenters. The third kappa shape index (κ3) is 4.20. The minimum Gasteiger partial charge on any atom is -0.462 e. The molecule has 0 radical (unpaired) electrons. The summed E-state index contributed by atoms with van der Waals surface area (Å²) in [6.45, 7) is 5.02. The van der Waals surface area contributed by atoms with Gasteiger partial charge < -0.3 is 14.4 Å². The summed E-state index contributed by atoms with van der Waals surface area (Å²) < 4.78 is 15.5. The summed E-state index contributed by atoms with van der Waals surface area (Å²) in [5.74, 6) is -0.224. The van der Waals surface area contributed by atoms with Crippen LogP contribution in [0, 0.1) is 0 Å². The van der Waals surface area contributed by atoms with Crippen LogP contribution in [0.2, 0.25) is 0 Å². The third-order valence-corrected chi connectivity index (χ3v) is 7.66. The molecule has 176 valence electrons. The summed E-state index contributed by atoms with van der Waals surface area (Å²) in [5, 5.41) is 0. The first kappa shape index (κ1) is 22.6. The van der Waals surface area contributed by atoms with E-state index >= 15 is 0 Å². The number of aromatic nitrogens is 1. The van der Waals surface area contributed by atoms with E-state index in [1.165, 1.54) is 22.3 Å². The van der Waals surface area contributed by atoms with Crippen molar-refractivity contribution in [3.63, 3.8) is 0 Å². The molecule has 0 bridgehead atoms. The zero-order chi connectivity index (χ0) is 23.7. The Morgan fingerprint density at radius 2 is 1.71 bits per heavy atom. The SMILES string of the molecule is CCOC(=O)c1cc([C@@H]2CC[C@@H](C)N(C(=O)OCC3c4ccccc4-c4ccccc43)C2)ns1. The Morgan fingerprint density at radius 1 is 1.03 bits per heavy atom. The van der Waals surface area contributed by atoms with Gasteiger partial charge in [-0.1, -0.05) is 48.5 Å². The van der Waals surface area contributed by atoms with Crippen LogP contribution in [0.4, 0.5) is 4.79 Å². The van der Waals surface area contributed by atoms with Crippen LogP contribution in [0.5, 0.6) is 0 Å². The monoisotopic (exact) mass is 476 g/mol. The Bertz CT molecular complexity index is 1160. The van der Waals surface area contributed by atoms with Crippen molar-refractivity contribution >= 4 is 23.6 Å². The van der Waals surface area contributed by atoms with Gasteiger partial charge in [-0.15, -0.1) is 0 Å². The molecule has 6 nitrogen and oxygen atoms in total. The topological polar surface area (TPSA) is 68.7 Å². The minimum atomic E-state index is -0.344. The highest BCUT2D eigenvalue weighted by atomic mass is 32.1. The summed E-state index contributed by atoms with van der Waals surface area (Å²) >= 11 is 1.16. The highest BCUT2D eigenvalue weighted by Crippen LogP contribution is 2.44. The third-order valence-electron chi connectivity index (χ3n) is 6.88. The van der Waals surface area contributed by atoms with E-state index in [0.717, 1.165) is 30.1 Å². The standard InChI is InChI=1S/C27H28N2O4S/c1-3-32-26(30)25-14-24(28-34-25)18-13-12-17(2)29(15-18)27(31)33-16-23-21-10-6-4-8-19(21)20-9-5-7-11-22(20)23/h4-11,14,17-18,23H,3,12-13,15-16H2,1-2H3/t17-,18-/m1/s1. The van der Waals surface area contributed by atoms with Crippen LogP contribution in [0.1, 0.15) is 65.0 Å². The van der Waals surface area contributed by atoms with Crippen LogP contribution in [0.3, 0.4) is 0 Å². The van der Waals surface area contributed by atoms with Gasteiger partial charge in [0.05, 0.1) is 12.3 Å². The molecule has 1 aromatic heterocycles. The van der Waals surface area contributed by atoms with Crippen molar-refractivity contribution < 1.29 is 19.1 Å². The molecule has 2 aliphatic rings. The Hall–Kier alpha value is -3.19. The number of rotatable bonds is 5. The van der Waals surface area contributed by atoms with Crippen molar-refractivity contribution in [2.45, 2.75) is 44.6 Å². The summed E-state index contributed by atoms with van der Waals surface area (Å²) in [6, 6.07) is 18.6. The van der Waals surface area contributed by atoms with Gasteiger partial charge in [-0.05, 0) is 66.5 Å². The maximum atomic E-state index is 13.2. The van der Waals surface area contributed by atoms with E-state index < -0.39 is 0 Å². The fraction of sp³-hybridized carbons (Fsp3) is 0.370. The minimum absolute atomic E-state index is 0.0397. The van der Waals surface area contributed by atoms with E-state index in [1.54, 1.807) is 13.0 Å². The fourth-order valence-corrected chi connectivity index (χ4v) is 5.77. The lowest BCUT2D eigenvalue weighted by Gasteiger charge is -2.36. The van der Waals surface area contributed by atoms with Crippen molar-refractivity contribution in [1.82, 2.24) is 9.27 Å². The van der Waals surface area contributed by atoms with Crippen LogP contribution in [0.25, 0.3) is 11.1 Å². The summed E-state index contributed by atoms with van der Waals surface area (Å²) in [5.41, 5.74) is 5.68. The first-order chi connectivity index (χ1) is 16.6. The van der Waals surface area contributed by atoms with Crippen LogP contribution in [-0.4, -0.2) is 47.1 Å². The summed E-state index contributed by atoms with van der Waals surface area (Å²) in [4.78, 5) is 27.5. The van der Waals surface area contributed by atoms with E-state index in [2.05, 4.69) is 35.6 Å². The molecule has 0 spiro atoms. The molecule has 2 heterocycles. The molecule has 1 fully saturated rings. The number of ether oxygens (including phenoxy) is 2. The van der Waals surface area contributed by atoms with E-state index in [4.69, 9.17) is 9.47 Å². The molecular weight excluding hydrogens is 448 g/mol. The maximum Gasteiger partial charge on any atom is 0.410 e. The molecule has 1 amide bonds. The number of hydrogen-bond acceptors (Lipinski definition) is 6. The van der Waals surface area contributed by atoms with Gasteiger partial charge in [0.25, 0.3) is 0 Å². The van der Waals surface area contributed by atoms with Gasteiger partial charge in [-0.3, -0.25) is 0 Å². The zero-order valence-corrected chi connectivity index (χ0v) is 20.2. The molecular formula is C27H28N2O4S. The first-order valence-electron chi connectivity index (χ1n) is 11.8. The predicted molar refractivity (Wildman–Crippen MR) is 131 cm³/mol. The number of benzene rings is 2. The largest absolute Gasteiger partial charge is 0.462 e. The van der Waals surface area contributed by atoms with Crippen molar-refractivity contribution in [3.8, 4) is 11.1 Å². The Labute approximate surface area is 203 Å². The van der Waals surface area contributed by atoms with Crippen molar-refractivity contribution in [2.24, 2.45) is 0 Å². The van der Waals surface area contributed by atoms with Crippen LogP contribution < -0.4 is 0 Å². The number of piperidine rings is 1. The number of fused-ring (bicyclic) bond motifs is 3. The Kier molecular flexibility index (Phi) is 6.37. The lowest BCUT2D eigenvalue weighted by atomic mass is 9.91. The Balaban J connectivity index is 1.27. The molecule has 1 saturated heterocycles. The second-order valence-electron chi connectivity index (χ2n) is 8.92. The van der Waals surface area contributed by atoms with Crippen molar-refractivity contribution in [1.29, 1.82) is 0 Å². The number of nitrogens with zero attached hydrogens (tertiary/aromatic N) is 2. The highest BCUT2D eigenvalue weighted by molar-refractivity contribution is 7.08. The molecule has 0 saturated carbocycles. The van der Waals surface area contributed by atoms with Gasteiger partial charge in [-0.25, -0.2) is 9.59 Å². The quantitative estimate of drug-likeness (QED) is 0.433. The van der Waals surface area contributed by atoms with Crippen molar-refractivity contribution in [2.75, 3.05) is 19.8 Å². The van der Waals surface area contributed by atoms with Gasteiger partial charge in [0, 0.05) is 24.4 Å². The number of carbonyl (C=O) groups excluding carboxylic acids is 2. The Morgan fingerprint density at radius 3 is 2.38 bits per heavy atom. The average molecular weight is 477 g/mol. The normalized spacial score (nSPS) is 19.4.